The number of nitro benzene ring substituents is 1. The highest BCUT2D eigenvalue weighted by molar-refractivity contribution is 8.15. The summed E-state index contributed by atoms with van der Waals surface area (Å²) in [7, 11) is 0. The smallest absolute Gasteiger partial charge is 0.269 e. The Morgan fingerprint density at radius 3 is 2.55 bits per heavy atom. The minimum Gasteiger partial charge on any atom is -0.303 e. The first-order valence-electron chi connectivity index (χ1n) is 5.82. The van der Waals surface area contributed by atoms with Gasteiger partial charge in [0.05, 0.1) is 15.9 Å². The molecule has 0 saturated carbocycles. The fraction of sp³-hybridized carbons (Fsp3) is 0.250. The van der Waals surface area contributed by atoms with Crippen LogP contribution < -0.4 is 5.32 Å². The quantitative estimate of drug-likeness (QED) is 0.523. The van der Waals surface area contributed by atoms with Gasteiger partial charge in [0, 0.05) is 12.1 Å². The highest BCUT2D eigenvalue weighted by atomic mass is 32.2. The molecule has 104 valence electrons. The zero-order valence-electron chi connectivity index (χ0n) is 10.9. The molecule has 0 bridgehead atoms. The number of amidine groups is 1. The van der Waals surface area contributed by atoms with Crippen LogP contribution in [0.5, 0.6) is 0 Å². The predicted molar refractivity (Wildman–Crippen MR) is 77.9 cm³/mol. The van der Waals surface area contributed by atoms with Gasteiger partial charge in [0.1, 0.15) is 0 Å². The molecule has 1 fully saturated rings. The number of rotatable bonds is 3. The van der Waals surface area contributed by atoms with E-state index in [2.05, 4.69) is 15.5 Å². The van der Waals surface area contributed by atoms with Crippen LogP contribution in [0.4, 0.5) is 5.69 Å². The van der Waals surface area contributed by atoms with E-state index >= 15 is 0 Å². The molecule has 2 rings (SSSR count). The second-order valence-corrected chi connectivity index (χ2v) is 5.47. The maximum atomic E-state index is 11.3. The summed E-state index contributed by atoms with van der Waals surface area (Å²) in [6.07, 6.45) is 0. The van der Waals surface area contributed by atoms with Gasteiger partial charge in [0.25, 0.3) is 5.69 Å². The van der Waals surface area contributed by atoms with E-state index in [1.54, 1.807) is 26.0 Å². The van der Waals surface area contributed by atoms with E-state index in [0.717, 1.165) is 5.56 Å². The summed E-state index contributed by atoms with van der Waals surface area (Å²) in [5.41, 5.74) is 1.38. The van der Waals surface area contributed by atoms with Gasteiger partial charge >= 0.3 is 0 Å². The Morgan fingerprint density at radius 2 is 2.05 bits per heavy atom. The molecule has 7 nitrogen and oxygen atoms in total. The number of non-ortho nitro benzene ring substituents is 1. The van der Waals surface area contributed by atoms with Crippen LogP contribution in [-0.4, -0.2) is 27.0 Å². The maximum absolute atomic E-state index is 11.3. The van der Waals surface area contributed by atoms with Gasteiger partial charge in [-0.2, -0.15) is 5.10 Å². The molecule has 1 atom stereocenters. The van der Waals surface area contributed by atoms with E-state index in [1.807, 2.05) is 0 Å². The molecule has 1 heterocycles. The Hall–Kier alpha value is -2.22. The first-order valence-corrected chi connectivity index (χ1v) is 6.70. The predicted octanol–water partition coefficient (Wildman–Crippen LogP) is 1.93. The summed E-state index contributed by atoms with van der Waals surface area (Å²) >= 11 is 1.31. The molecule has 1 aliphatic rings. The fourth-order valence-corrected chi connectivity index (χ4v) is 2.26. The molecule has 8 heteroatoms. The third-order valence-corrected chi connectivity index (χ3v) is 3.65. The van der Waals surface area contributed by atoms with Crippen molar-refractivity contribution in [1.82, 2.24) is 5.32 Å². The Balaban J connectivity index is 2.13. The van der Waals surface area contributed by atoms with Gasteiger partial charge in [-0.1, -0.05) is 11.8 Å². The van der Waals surface area contributed by atoms with Crippen molar-refractivity contribution in [2.24, 2.45) is 10.2 Å². The van der Waals surface area contributed by atoms with Crippen molar-refractivity contribution >= 4 is 34.2 Å². The zero-order valence-corrected chi connectivity index (χ0v) is 11.7. The summed E-state index contributed by atoms with van der Waals surface area (Å²) in [5.74, 6) is -0.0862. The van der Waals surface area contributed by atoms with Crippen LogP contribution in [0.1, 0.15) is 19.4 Å². The molecule has 1 aromatic carbocycles. The average molecular weight is 292 g/mol. The topological polar surface area (TPSA) is 97.0 Å². The van der Waals surface area contributed by atoms with Crippen molar-refractivity contribution in [2.45, 2.75) is 19.1 Å². The van der Waals surface area contributed by atoms with Crippen molar-refractivity contribution in [3.05, 3.63) is 39.9 Å². The molecule has 0 aromatic heterocycles. The van der Waals surface area contributed by atoms with E-state index in [-0.39, 0.29) is 16.8 Å². The first-order chi connectivity index (χ1) is 9.47. The molecule has 1 N–H and O–H groups in total. The van der Waals surface area contributed by atoms with Crippen LogP contribution in [0.2, 0.25) is 0 Å². The third-order valence-electron chi connectivity index (χ3n) is 2.67. The third kappa shape index (κ3) is 3.21. The van der Waals surface area contributed by atoms with E-state index in [0.29, 0.717) is 10.9 Å². The number of hydrogen-bond acceptors (Lipinski definition) is 6. The van der Waals surface area contributed by atoms with E-state index < -0.39 is 4.92 Å². The van der Waals surface area contributed by atoms with Gasteiger partial charge in [-0.25, -0.2) is 0 Å². The van der Waals surface area contributed by atoms with Crippen molar-refractivity contribution in [3.8, 4) is 0 Å². The summed E-state index contributed by atoms with van der Waals surface area (Å²) in [4.78, 5) is 21.4. The van der Waals surface area contributed by atoms with Crippen LogP contribution in [0, 0.1) is 10.1 Å². The van der Waals surface area contributed by atoms with Crippen molar-refractivity contribution in [2.75, 3.05) is 0 Å². The lowest BCUT2D eigenvalue weighted by molar-refractivity contribution is -0.384. The van der Waals surface area contributed by atoms with Crippen LogP contribution >= 0.6 is 11.8 Å². The van der Waals surface area contributed by atoms with Crippen molar-refractivity contribution < 1.29 is 9.72 Å². The van der Waals surface area contributed by atoms with Gasteiger partial charge in [-0.15, -0.1) is 5.10 Å². The summed E-state index contributed by atoms with van der Waals surface area (Å²) in [6.45, 7) is 3.53. The number of benzene rings is 1. The Bertz CT molecular complexity index is 610. The summed E-state index contributed by atoms with van der Waals surface area (Å²) in [5, 5.41) is 21.4. The number of thioether (sulfide) groups is 1. The second-order valence-electron chi connectivity index (χ2n) is 4.14. The Labute approximate surface area is 119 Å². The van der Waals surface area contributed by atoms with Crippen LogP contribution in [0.3, 0.4) is 0 Å². The Kier molecular flexibility index (Phi) is 4.14. The van der Waals surface area contributed by atoms with Gasteiger partial charge < -0.3 is 5.32 Å². The number of hydrogen-bond donors (Lipinski definition) is 1. The number of nitrogens with zero attached hydrogens (tertiary/aromatic N) is 3. The molecule has 0 unspecified atom stereocenters. The second kappa shape index (κ2) is 5.83. The lowest BCUT2D eigenvalue weighted by Crippen LogP contribution is -2.23. The molecule has 1 aromatic rings. The first kappa shape index (κ1) is 14.2. The van der Waals surface area contributed by atoms with Crippen molar-refractivity contribution in [3.63, 3.8) is 0 Å². The van der Waals surface area contributed by atoms with Gasteiger partial charge in [0.15, 0.2) is 5.17 Å². The standard InChI is InChI=1S/C12H12N4O3S/c1-7(9-3-5-10(6-4-9)16(18)19)14-15-12-13-11(17)8(2)20-12/h3-6,8H,1-2H3,(H,13,15,17)/b14-7+/t8-/m1/s1. The van der Waals surface area contributed by atoms with Gasteiger partial charge in [0.2, 0.25) is 5.91 Å². The number of amides is 1. The van der Waals surface area contributed by atoms with E-state index in [4.69, 9.17) is 0 Å². The van der Waals surface area contributed by atoms with Crippen molar-refractivity contribution in [1.29, 1.82) is 0 Å². The molecule has 1 aliphatic heterocycles. The monoisotopic (exact) mass is 292 g/mol. The SMILES string of the molecule is C/C(=N\N=C1\NC(=O)[C@@H](C)S1)c1ccc([N+](=O)[O-])cc1. The van der Waals surface area contributed by atoms with Gasteiger partial charge in [-0.05, 0) is 31.5 Å². The highest BCUT2D eigenvalue weighted by Crippen LogP contribution is 2.18. The lowest BCUT2D eigenvalue weighted by atomic mass is 10.1. The molecule has 0 radical (unpaired) electrons. The Morgan fingerprint density at radius 1 is 1.40 bits per heavy atom. The average Bonchev–Trinajstić information content (AvgIpc) is 2.75. The molecule has 20 heavy (non-hydrogen) atoms. The molecule has 0 aliphatic carbocycles. The minimum atomic E-state index is -0.456. The fourth-order valence-electron chi connectivity index (χ4n) is 1.51. The van der Waals surface area contributed by atoms with Crippen LogP contribution in [0.15, 0.2) is 34.5 Å². The normalized spacial score (nSPS) is 21.1. The molecule has 0 spiro atoms. The van der Waals surface area contributed by atoms with Gasteiger partial charge in [-0.3, -0.25) is 14.9 Å². The molecular weight excluding hydrogens is 280 g/mol. The highest BCUT2D eigenvalue weighted by Gasteiger charge is 2.25. The number of carbonyl (C=O) groups excluding carboxylic acids is 1. The lowest BCUT2D eigenvalue weighted by Gasteiger charge is -1.98. The van der Waals surface area contributed by atoms with Crippen LogP contribution in [-0.2, 0) is 4.79 Å². The van der Waals surface area contributed by atoms with Crippen LogP contribution in [0.25, 0.3) is 0 Å². The zero-order chi connectivity index (χ0) is 14.7. The molecule has 1 saturated heterocycles. The summed E-state index contributed by atoms with van der Waals surface area (Å²) in [6, 6.07) is 6.05. The minimum absolute atomic E-state index is 0.0281. The number of carbonyl (C=O) groups is 1. The maximum Gasteiger partial charge on any atom is 0.269 e. The number of nitro groups is 1. The largest absolute Gasteiger partial charge is 0.303 e. The summed E-state index contributed by atoms with van der Waals surface area (Å²) < 4.78 is 0. The number of nitrogens with one attached hydrogen (secondary N) is 1. The van der Waals surface area contributed by atoms with E-state index in [1.165, 1.54) is 23.9 Å². The van der Waals surface area contributed by atoms with E-state index in [9.17, 15) is 14.9 Å². The molecule has 1 amide bonds. The molecular formula is C12H12N4O3S.